The SMILES string of the molecule is Cc1ccc(N2C(=O)[C@H]3[C@H](ON(c4ccccc4)[C@H]3c3ccc(Cl)cc3Cl)C2=O)cc1. The van der Waals surface area contributed by atoms with Crippen molar-refractivity contribution < 1.29 is 14.4 Å². The second kappa shape index (κ2) is 7.68. The molecule has 5 rings (SSSR count). The van der Waals surface area contributed by atoms with Crippen molar-refractivity contribution >= 4 is 46.4 Å². The van der Waals surface area contributed by atoms with Gasteiger partial charge in [0, 0.05) is 10.0 Å². The summed E-state index contributed by atoms with van der Waals surface area (Å²) >= 11 is 12.6. The summed E-state index contributed by atoms with van der Waals surface area (Å²) in [4.78, 5) is 34.2. The highest BCUT2D eigenvalue weighted by molar-refractivity contribution is 6.35. The zero-order valence-electron chi connectivity index (χ0n) is 16.5. The van der Waals surface area contributed by atoms with Gasteiger partial charge < -0.3 is 0 Å². The van der Waals surface area contributed by atoms with Crippen molar-refractivity contribution in [1.82, 2.24) is 0 Å². The van der Waals surface area contributed by atoms with Crippen LogP contribution in [0.3, 0.4) is 0 Å². The number of imide groups is 1. The van der Waals surface area contributed by atoms with E-state index >= 15 is 0 Å². The Morgan fingerprint density at radius 2 is 1.55 bits per heavy atom. The van der Waals surface area contributed by atoms with E-state index < -0.39 is 18.1 Å². The minimum Gasteiger partial charge on any atom is -0.273 e. The summed E-state index contributed by atoms with van der Waals surface area (Å²) in [6.45, 7) is 1.95. The third kappa shape index (κ3) is 3.30. The van der Waals surface area contributed by atoms with Crippen LogP contribution >= 0.6 is 23.2 Å². The first-order valence-electron chi connectivity index (χ1n) is 9.86. The number of halogens is 2. The summed E-state index contributed by atoms with van der Waals surface area (Å²) in [6.07, 6.45) is -0.939. The molecular weight excluding hydrogens is 435 g/mol. The van der Waals surface area contributed by atoms with E-state index in [0.29, 0.717) is 21.3 Å². The van der Waals surface area contributed by atoms with Gasteiger partial charge in [-0.2, -0.15) is 0 Å². The fourth-order valence-corrected chi connectivity index (χ4v) is 4.74. The first kappa shape index (κ1) is 20.1. The molecule has 2 amide bonds. The molecule has 3 atom stereocenters. The number of rotatable bonds is 3. The van der Waals surface area contributed by atoms with Crippen LogP contribution < -0.4 is 9.96 Å². The van der Waals surface area contributed by atoms with Crippen molar-refractivity contribution in [2.24, 2.45) is 5.92 Å². The maximum Gasteiger partial charge on any atom is 0.266 e. The third-order valence-electron chi connectivity index (χ3n) is 5.70. The lowest BCUT2D eigenvalue weighted by molar-refractivity contribution is -0.126. The molecule has 0 aliphatic carbocycles. The molecule has 0 radical (unpaired) electrons. The smallest absolute Gasteiger partial charge is 0.266 e. The van der Waals surface area contributed by atoms with Crippen LogP contribution in [-0.2, 0) is 14.4 Å². The van der Waals surface area contributed by atoms with Crippen LogP contribution in [0.25, 0.3) is 0 Å². The number of fused-ring (bicyclic) bond motifs is 1. The summed E-state index contributed by atoms with van der Waals surface area (Å²) < 4.78 is 0. The first-order valence-corrected chi connectivity index (χ1v) is 10.6. The monoisotopic (exact) mass is 452 g/mol. The zero-order valence-corrected chi connectivity index (χ0v) is 18.0. The lowest BCUT2D eigenvalue weighted by Gasteiger charge is -2.29. The Morgan fingerprint density at radius 1 is 0.839 bits per heavy atom. The Balaban J connectivity index is 1.61. The Bertz CT molecular complexity index is 1170. The molecule has 2 fully saturated rings. The van der Waals surface area contributed by atoms with Gasteiger partial charge in [-0.1, -0.05) is 65.2 Å². The van der Waals surface area contributed by atoms with Gasteiger partial charge in [0.1, 0.15) is 5.92 Å². The number of hydrogen-bond donors (Lipinski definition) is 0. The molecule has 7 heteroatoms. The van der Waals surface area contributed by atoms with Crippen molar-refractivity contribution in [3.05, 3.63) is 94.0 Å². The third-order valence-corrected chi connectivity index (χ3v) is 6.26. The molecule has 3 aromatic rings. The highest BCUT2D eigenvalue weighted by atomic mass is 35.5. The van der Waals surface area contributed by atoms with Gasteiger partial charge in [-0.15, -0.1) is 0 Å². The van der Waals surface area contributed by atoms with Gasteiger partial charge in [0.05, 0.1) is 17.4 Å². The van der Waals surface area contributed by atoms with E-state index in [1.54, 1.807) is 35.4 Å². The van der Waals surface area contributed by atoms with E-state index in [4.69, 9.17) is 28.0 Å². The summed E-state index contributed by atoms with van der Waals surface area (Å²) in [7, 11) is 0. The Labute approximate surface area is 189 Å². The van der Waals surface area contributed by atoms with Crippen LogP contribution in [0.4, 0.5) is 11.4 Å². The van der Waals surface area contributed by atoms with Gasteiger partial charge in [0.25, 0.3) is 5.91 Å². The highest BCUT2D eigenvalue weighted by Gasteiger charge is 2.60. The van der Waals surface area contributed by atoms with E-state index in [1.807, 2.05) is 49.4 Å². The molecule has 0 saturated carbocycles. The maximum atomic E-state index is 13.6. The maximum absolute atomic E-state index is 13.6. The summed E-state index contributed by atoms with van der Waals surface area (Å²) in [5.74, 6) is -1.44. The van der Waals surface area contributed by atoms with Crippen molar-refractivity contribution in [3.63, 3.8) is 0 Å². The van der Waals surface area contributed by atoms with Crippen LogP contribution in [0.2, 0.25) is 10.0 Å². The molecule has 2 saturated heterocycles. The van der Waals surface area contributed by atoms with Crippen LogP contribution in [0.15, 0.2) is 72.8 Å². The van der Waals surface area contributed by atoms with Gasteiger partial charge in [0.2, 0.25) is 5.91 Å². The number of para-hydroxylation sites is 1. The molecule has 0 N–H and O–H groups in total. The van der Waals surface area contributed by atoms with E-state index in [0.717, 1.165) is 11.3 Å². The normalized spacial score (nSPS) is 22.9. The van der Waals surface area contributed by atoms with Gasteiger partial charge in [-0.25, -0.2) is 9.96 Å². The van der Waals surface area contributed by atoms with Gasteiger partial charge in [0.15, 0.2) is 6.10 Å². The first-order chi connectivity index (χ1) is 15.0. The lowest BCUT2D eigenvalue weighted by atomic mass is 9.90. The molecule has 2 aliphatic rings. The Hall–Kier alpha value is -2.86. The van der Waals surface area contributed by atoms with Crippen molar-refractivity contribution in [2.75, 3.05) is 9.96 Å². The van der Waals surface area contributed by atoms with Crippen LogP contribution in [-0.4, -0.2) is 17.9 Å². The molecule has 2 heterocycles. The number of aryl methyl sites for hydroxylation is 1. The second-order valence-corrected chi connectivity index (χ2v) is 8.51. The number of hydroxylamine groups is 1. The van der Waals surface area contributed by atoms with E-state index in [9.17, 15) is 9.59 Å². The molecule has 0 unspecified atom stereocenters. The van der Waals surface area contributed by atoms with Crippen molar-refractivity contribution in [3.8, 4) is 0 Å². The molecule has 2 aliphatic heterocycles. The molecule has 5 nitrogen and oxygen atoms in total. The van der Waals surface area contributed by atoms with E-state index in [1.165, 1.54) is 4.90 Å². The molecule has 0 aromatic heterocycles. The molecule has 0 spiro atoms. The number of amides is 2. The molecule has 3 aromatic carbocycles. The number of carbonyl (C=O) groups excluding carboxylic acids is 2. The topological polar surface area (TPSA) is 49.9 Å². The predicted molar refractivity (Wildman–Crippen MR) is 120 cm³/mol. The number of hydrogen-bond acceptors (Lipinski definition) is 4. The van der Waals surface area contributed by atoms with Crippen LogP contribution in [0.5, 0.6) is 0 Å². The Morgan fingerprint density at radius 3 is 2.23 bits per heavy atom. The van der Waals surface area contributed by atoms with Gasteiger partial charge in [-0.05, 0) is 48.9 Å². The standard InChI is InChI=1S/C24H18Cl2N2O3/c1-14-7-10-16(11-8-14)27-23(29)20-21(18-12-9-15(25)13-19(18)26)28(31-22(20)24(27)30)17-5-3-2-4-6-17/h2-13,20-22H,1H3/t20-,21+,22+/m1/s1. The van der Waals surface area contributed by atoms with Crippen LogP contribution in [0.1, 0.15) is 17.2 Å². The average molecular weight is 453 g/mol. The van der Waals surface area contributed by atoms with Crippen molar-refractivity contribution in [1.29, 1.82) is 0 Å². The van der Waals surface area contributed by atoms with E-state index in [2.05, 4.69) is 0 Å². The minimum absolute atomic E-state index is 0.312. The van der Waals surface area contributed by atoms with Crippen molar-refractivity contribution in [2.45, 2.75) is 19.1 Å². The number of nitrogens with zero attached hydrogens (tertiary/aromatic N) is 2. The zero-order chi connectivity index (χ0) is 21.7. The second-order valence-electron chi connectivity index (χ2n) is 7.67. The number of carbonyl (C=O) groups is 2. The fraction of sp³-hybridized carbons (Fsp3) is 0.167. The van der Waals surface area contributed by atoms with Gasteiger partial charge >= 0.3 is 0 Å². The summed E-state index contributed by atoms with van der Waals surface area (Å²) in [5, 5.41) is 2.52. The summed E-state index contributed by atoms with van der Waals surface area (Å²) in [5.41, 5.74) is 2.98. The quantitative estimate of drug-likeness (QED) is 0.502. The largest absolute Gasteiger partial charge is 0.273 e. The predicted octanol–water partition coefficient (Wildman–Crippen LogP) is 5.35. The Kier molecular flexibility index (Phi) is 4.97. The molecule has 31 heavy (non-hydrogen) atoms. The molecular formula is C24H18Cl2N2O3. The van der Waals surface area contributed by atoms with Crippen LogP contribution in [0, 0.1) is 12.8 Å². The molecule has 156 valence electrons. The highest BCUT2D eigenvalue weighted by Crippen LogP contribution is 2.49. The van der Waals surface area contributed by atoms with E-state index in [-0.39, 0.29) is 11.8 Å². The lowest BCUT2D eigenvalue weighted by Crippen LogP contribution is -2.37. The number of benzene rings is 3. The average Bonchev–Trinajstić information content (AvgIpc) is 3.26. The molecule has 0 bridgehead atoms. The number of anilines is 2. The summed E-state index contributed by atoms with van der Waals surface area (Å²) in [6, 6.07) is 21.2. The fourth-order valence-electron chi connectivity index (χ4n) is 4.22. The van der Waals surface area contributed by atoms with Gasteiger partial charge in [-0.3, -0.25) is 14.4 Å². The minimum atomic E-state index is -0.939.